The van der Waals surface area contributed by atoms with E-state index in [0.717, 1.165) is 0 Å². The monoisotopic (exact) mass is 403 g/mol. The standard InChI is InChI=1S/C15H21N3O8S/c19-12(20)4-17(5-13(21)22)10-2-1-9(16-8-27)3-11(10)18(6-14(23)24)7-15(25)26/h9-11H,1-7H2,(H,19,20)(H,21,22)(H,23,24)(H,25,26). The van der Waals surface area contributed by atoms with E-state index in [4.69, 9.17) is 20.4 Å². The van der Waals surface area contributed by atoms with Crippen molar-refractivity contribution in [2.45, 2.75) is 37.4 Å². The topological polar surface area (TPSA) is 168 Å². The average molecular weight is 403 g/mol. The molecule has 0 aromatic rings. The summed E-state index contributed by atoms with van der Waals surface area (Å²) in [5.41, 5.74) is 0. The first-order valence-corrected chi connectivity index (χ1v) is 8.47. The molecule has 1 saturated carbocycles. The van der Waals surface area contributed by atoms with E-state index < -0.39 is 62.1 Å². The SMILES string of the molecule is O=C(O)CN(CC(=O)O)C1CCC(N=C=S)CC1N(CC(=O)O)CC(=O)O. The highest BCUT2D eigenvalue weighted by atomic mass is 32.1. The Labute approximate surface area is 159 Å². The Bertz CT molecular complexity index is 605. The van der Waals surface area contributed by atoms with Gasteiger partial charge in [-0.3, -0.25) is 29.0 Å². The minimum atomic E-state index is -1.25. The second kappa shape index (κ2) is 10.7. The fraction of sp³-hybridized carbons (Fsp3) is 0.667. The minimum absolute atomic E-state index is 0.213. The third-order valence-corrected chi connectivity index (χ3v) is 4.39. The number of carbonyl (C=O) groups is 4. The van der Waals surface area contributed by atoms with Crippen molar-refractivity contribution in [3.63, 3.8) is 0 Å². The number of isothiocyanates is 1. The Morgan fingerprint density at radius 1 is 0.815 bits per heavy atom. The number of hydrogen-bond donors (Lipinski definition) is 4. The second-order valence-electron chi connectivity index (χ2n) is 6.21. The van der Waals surface area contributed by atoms with Gasteiger partial charge in [0.05, 0.1) is 37.4 Å². The molecule has 3 unspecified atom stereocenters. The molecule has 0 bridgehead atoms. The van der Waals surface area contributed by atoms with Crippen LogP contribution in [0.5, 0.6) is 0 Å². The van der Waals surface area contributed by atoms with Gasteiger partial charge in [0.2, 0.25) is 0 Å². The van der Waals surface area contributed by atoms with Crippen LogP contribution < -0.4 is 0 Å². The Kier molecular flexibility index (Phi) is 8.95. The van der Waals surface area contributed by atoms with Crippen LogP contribution in [0.2, 0.25) is 0 Å². The summed E-state index contributed by atoms with van der Waals surface area (Å²) < 4.78 is 0. The van der Waals surface area contributed by atoms with E-state index in [9.17, 15) is 19.2 Å². The highest BCUT2D eigenvalue weighted by Crippen LogP contribution is 2.29. The molecule has 1 aliphatic rings. The molecule has 1 fully saturated rings. The first kappa shape index (κ1) is 22.6. The molecule has 12 heteroatoms. The molecule has 11 nitrogen and oxygen atoms in total. The Morgan fingerprint density at radius 3 is 1.59 bits per heavy atom. The van der Waals surface area contributed by atoms with Gasteiger partial charge in [0.15, 0.2) is 0 Å². The van der Waals surface area contributed by atoms with Crippen LogP contribution in [-0.4, -0.2) is 104 Å². The Morgan fingerprint density at radius 2 is 1.22 bits per heavy atom. The first-order chi connectivity index (χ1) is 12.6. The number of hydrogen-bond acceptors (Lipinski definition) is 8. The summed E-state index contributed by atoms with van der Waals surface area (Å²) in [7, 11) is 0. The molecule has 0 aromatic carbocycles. The second-order valence-corrected chi connectivity index (χ2v) is 6.39. The molecule has 0 heterocycles. The van der Waals surface area contributed by atoms with Crippen LogP contribution in [0.4, 0.5) is 0 Å². The zero-order valence-corrected chi connectivity index (χ0v) is 15.2. The van der Waals surface area contributed by atoms with Crippen LogP contribution in [0.1, 0.15) is 19.3 Å². The van der Waals surface area contributed by atoms with Crippen LogP contribution in [0.3, 0.4) is 0 Å². The molecule has 0 radical (unpaired) electrons. The normalized spacial score (nSPS) is 22.2. The lowest BCUT2D eigenvalue weighted by atomic mass is 9.84. The molecule has 0 spiro atoms. The fourth-order valence-corrected chi connectivity index (χ4v) is 3.54. The van der Waals surface area contributed by atoms with Crippen molar-refractivity contribution in [1.29, 1.82) is 0 Å². The van der Waals surface area contributed by atoms with Crippen molar-refractivity contribution in [3.8, 4) is 0 Å². The maximum atomic E-state index is 11.2. The number of thiocarbonyl (C=S) groups is 1. The van der Waals surface area contributed by atoms with Crippen LogP contribution in [0.15, 0.2) is 4.99 Å². The minimum Gasteiger partial charge on any atom is -0.480 e. The van der Waals surface area contributed by atoms with E-state index in [1.807, 2.05) is 0 Å². The van der Waals surface area contributed by atoms with Crippen molar-refractivity contribution in [1.82, 2.24) is 9.80 Å². The van der Waals surface area contributed by atoms with E-state index in [-0.39, 0.29) is 12.5 Å². The van der Waals surface area contributed by atoms with Gasteiger partial charge in [0.1, 0.15) is 0 Å². The summed E-state index contributed by atoms with van der Waals surface area (Å²) in [4.78, 5) is 51.1. The lowest BCUT2D eigenvalue weighted by Gasteiger charge is -2.44. The van der Waals surface area contributed by atoms with Gasteiger partial charge in [0.25, 0.3) is 0 Å². The van der Waals surface area contributed by atoms with Crippen molar-refractivity contribution in [2.75, 3.05) is 26.2 Å². The Balaban J connectivity index is 3.22. The predicted octanol–water partition coefficient (Wildman–Crippen LogP) is -0.679. The lowest BCUT2D eigenvalue weighted by molar-refractivity contribution is -0.149. The Hall–Kier alpha value is -2.40. The van der Waals surface area contributed by atoms with Gasteiger partial charge >= 0.3 is 23.9 Å². The van der Waals surface area contributed by atoms with Crippen molar-refractivity contribution in [2.24, 2.45) is 4.99 Å². The zero-order valence-electron chi connectivity index (χ0n) is 14.4. The molecule has 0 aromatic heterocycles. The number of aliphatic carboxylic acids is 4. The van der Waals surface area contributed by atoms with Gasteiger partial charge in [-0.1, -0.05) is 0 Å². The van der Waals surface area contributed by atoms with E-state index in [1.54, 1.807) is 0 Å². The summed E-state index contributed by atoms with van der Waals surface area (Å²) in [5.74, 6) is -4.98. The molecule has 150 valence electrons. The summed E-state index contributed by atoms with van der Waals surface area (Å²) in [6.07, 6.45) is 0.991. The molecule has 1 rings (SSSR count). The zero-order chi connectivity index (χ0) is 20.6. The number of carboxylic acids is 4. The largest absolute Gasteiger partial charge is 0.480 e. The average Bonchev–Trinajstić information content (AvgIpc) is 2.52. The summed E-state index contributed by atoms with van der Waals surface area (Å²) >= 11 is 4.59. The summed E-state index contributed by atoms with van der Waals surface area (Å²) in [5, 5.41) is 38.7. The van der Waals surface area contributed by atoms with E-state index in [0.29, 0.717) is 12.8 Å². The van der Waals surface area contributed by atoms with Gasteiger partial charge in [-0.2, -0.15) is 0 Å². The summed E-state index contributed by atoms with van der Waals surface area (Å²) in [6, 6.07) is -1.71. The molecule has 4 N–H and O–H groups in total. The van der Waals surface area contributed by atoms with E-state index in [1.165, 1.54) is 9.80 Å². The maximum absolute atomic E-state index is 11.2. The highest BCUT2D eigenvalue weighted by molar-refractivity contribution is 7.78. The maximum Gasteiger partial charge on any atom is 0.317 e. The van der Waals surface area contributed by atoms with E-state index >= 15 is 0 Å². The van der Waals surface area contributed by atoms with Crippen LogP contribution in [-0.2, 0) is 19.2 Å². The number of carboxylic acid groups (broad SMARTS) is 4. The molecule has 27 heavy (non-hydrogen) atoms. The predicted molar refractivity (Wildman–Crippen MR) is 93.9 cm³/mol. The lowest BCUT2D eigenvalue weighted by Crippen LogP contribution is -2.58. The van der Waals surface area contributed by atoms with Gasteiger partial charge in [-0.05, 0) is 31.5 Å². The van der Waals surface area contributed by atoms with Crippen LogP contribution >= 0.6 is 12.2 Å². The number of nitrogens with zero attached hydrogens (tertiary/aromatic N) is 3. The van der Waals surface area contributed by atoms with Crippen molar-refractivity contribution in [3.05, 3.63) is 0 Å². The van der Waals surface area contributed by atoms with Crippen LogP contribution in [0, 0.1) is 0 Å². The number of rotatable bonds is 11. The third kappa shape index (κ3) is 7.79. The van der Waals surface area contributed by atoms with Crippen molar-refractivity contribution >= 4 is 41.3 Å². The molecule has 3 atom stereocenters. The van der Waals surface area contributed by atoms with Gasteiger partial charge in [0, 0.05) is 12.1 Å². The molecule has 0 saturated heterocycles. The first-order valence-electron chi connectivity index (χ1n) is 8.06. The smallest absolute Gasteiger partial charge is 0.317 e. The molecular formula is C15H21N3O8S. The van der Waals surface area contributed by atoms with Gasteiger partial charge in [-0.15, -0.1) is 0 Å². The quantitative estimate of drug-likeness (QED) is 0.255. The molecule has 0 amide bonds. The highest BCUT2D eigenvalue weighted by Gasteiger charge is 2.40. The molecular weight excluding hydrogens is 382 g/mol. The molecule has 1 aliphatic carbocycles. The van der Waals surface area contributed by atoms with Crippen LogP contribution in [0.25, 0.3) is 0 Å². The van der Waals surface area contributed by atoms with E-state index in [2.05, 4.69) is 22.4 Å². The molecule has 0 aliphatic heterocycles. The summed E-state index contributed by atoms with van der Waals surface area (Å²) in [6.45, 7) is -2.31. The van der Waals surface area contributed by atoms with Gasteiger partial charge < -0.3 is 20.4 Å². The third-order valence-electron chi connectivity index (χ3n) is 4.28. The fourth-order valence-electron chi connectivity index (χ4n) is 3.40. The van der Waals surface area contributed by atoms with Crippen molar-refractivity contribution < 1.29 is 39.6 Å². The number of aliphatic imine (C=N–C) groups is 1. The van der Waals surface area contributed by atoms with Gasteiger partial charge in [-0.25, -0.2) is 4.99 Å².